The number of para-hydroxylation sites is 1. The standard InChI is InChI=1S/C32H47N3O4/c1-10-11-14-20-35(30(37)27(21(2)3)34-31(38)39-32(7,8)9)28(26-23(5)17-15-18-24(26)6)29(36)33-25-19-13-12-16-22(25)4/h12-13,15-19,21,27-28H,10-11,14,20H2,1-9H3,(H,33,36)(H,34,38). The van der Waals surface area contributed by atoms with E-state index in [9.17, 15) is 14.4 Å². The molecule has 2 rings (SSSR count). The van der Waals surface area contributed by atoms with Gasteiger partial charge in [-0.3, -0.25) is 9.59 Å². The van der Waals surface area contributed by atoms with Gasteiger partial charge in [-0.05, 0) is 82.2 Å². The normalized spacial score (nSPS) is 13.0. The molecule has 2 unspecified atom stereocenters. The van der Waals surface area contributed by atoms with Crippen LogP contribution < -0.4 is 10.6 Å². The van der Waals surface area contributed by atoms with Crippen LogP contribution in [0.5, 0.6) is 0 Å². The van der Waals surface area contributed by atoms with E-state index in [1.54, 1.807) is 25.7 Å². The number of nitrogens with one attached hydrogen (secondary N) is 2. The Balaban J connectivity index is 2.61. The summed E-state index contributed by atoms with van der Waals surface area (Å²) in [6, 6.07) is 11.7. The lowest BCUT2D eigenvalue weighted by molar-refractivity contribution is -0.141. The van der Waals surface area contributed by atoms with E-state index in [0.717, 1.165) is 41.5 Å². The summed E-state index contributed by atoms with van der Waals surface area (Å²) in [6.07, 6.45) is 1.96. The topological polar surface area (TPSA) is 87.7 Å². The van der Waals surface area contributed by atoms with Gasteiger partial charge in [0.15, 0.2) is 0 Å². The van der Waals surface area contributed by atoms with Crippen LogP contribution in [0.3, 0.4) is 0 Å². The first-order valence-electron chi connectivity index (χ1n) is 14.0. The van der Waals surface area contributed by atoms with Gasteiger partial charge in [-0.15, -0.1) is 0 Å². The summed E-state index contributed by atoms with van der Waals surface area (Å²) in [6.45, 7) is 17.4. The number of benzene rings is 2. The molecule has 0 spiro atoms. The molecule has 2 N–H and O–H groups in total. The van der Waals surface area contributed by atoms with Crippen LogP contribution in [0.25, 0.3) is 0 Å². The van der Waals surface area contributed by atoms with Gasteiger partial charge in [-0.2, -0.15) is 0 Å². The van der Waals surface area contributed by atoms with Crippen molar-refractivity contribution in [2.45, 2.75) is 99.3 Å². The number of nitrogens with zero attached hydrogens (tertiary/aromatic N) is 1. The summed E-state index contributed by atoms with van der Waals surface area (Å²) in [5.74, 6) is -0.817. The molecule has 0 aromatic heterocycles. The van der Waals surface area contributed by atoms with Gasteiger partial charge in [0, 0.05) is 12.2 Å². The van der Waals surface area contributed by atoms with Crippen LogP contribution in [-0.4, -0.2) is 41.0 Å². The van der Waals surface area contributed by atoms with Crippen LogP contribution in [0.15, 0.2) is 42.5 Å². The van der Waals surface area contributed by atoms with Crippen LogP contribution in [-0.2, 0) is 14.3 Å². The molecular weight excluding hydrogens is 490 g/mol. The van der Waals surface area contributed by atoms with E-state index in [1.807, 2.05) is 77.1 Å². The molecule has 0 saturated heterocycles. The van der Waals surface area contributed by atoms with E-state index < -0.39 is 23.8 Å². The average Bonchev–Trinajstić information content (AvgIpc) is 2.83. The number of carbonyl (C=O) groups is 3. The molecule has 0 heterocycles. The van der Waals surface area contributed by atoms with Gasteiger partial charge in [-0.25, -0.2) is 4.79 Å². The van der Waals surface area contributed by atoms with Crippen molar-refractivity contribution in [2.24, 2.45) is 5.92 Å². The van der Waals surface area contributed by atoms with Crippen molar-refractivity contribution in [3.8, 4) is 0 Å². The van der Waals surface area contributed by atoms with Crippen molar-refractivity contribution < 1.29 is 19.1 Å². The van der Waals surface area contributed by atoms with E-state index in [4.69, 9.17) is 4.74 Å². The van der Waals surface area contributed by atoms with Crippen LogP contribution in [0.1, 0.15) is 89.1 Å². The molecule has 0 saturated carbocycles. The third-order valence-electron chi connectivity index (χ3n) is 6.67. The SMILES string of the molecule is CCCCCN(C(=O)C(NC(=O)OC(C)(C)C)C(C)C)C(C(=O)Nc1ccccc1C)c1c(C)cccc1C. The summed E-state index contributed by atoms with van der Waals surface area (Å²) in [7, 11) is 0. The number of unbranched alkanes of at least 4 members (excludes halogenated alkanes) is 2. The van der Waals surface area contributed by atoms with E-state index >= 15 is 0 Å². The van der Waals surface area contributed by atoms with Crippen molar-refractivity contribution in [3.05, 3.63) is 64.7 Å². The van der Waals surface area contributed by atoms with E-state index in [0.29, 0.717) is 12.2 Å². The molecule has 39 heavy (non-hydrogen) atoms. The fourth-order valence-corrected chi connectivity index (χ4v) is 4.63. The molecule has 2 aromatic rings. The average molecular weight is 538 g/mol. The molecule has 0 aliphatic rings. The van der Waals surface area contributed by atoms with E-state index in [2.05, 4.69) is 17.6 Å². The minimum atomic E-state index is -0.878. The summed E-state index contributed by atoms with van der Waals surface area (Å²) >= 11 is 0. The first-order chi connectivity index (χ1) is 18.3. The van der Waals surface area contributed by atoms with Crippen LogP contribution in [0, 0.1) is 26.7 Å². The predicted molar refractivity (Wildman–Crippen MR) is 158 cm³/mol. The molecule has 0 bridgehead atoms. The number of ether oxygens (including phenoxy) is 1. The zero-order valence-corrected chi connectivity index (χ0v) is 25.2. The van der Waals surface area contributed by atoms with Gasteiger partial charge < -0.3 is 20.3 Å². The summed E-state index contributed by atoms with van der Waals surface area (Å²) < 4.78 is 5.47. The minimum Gasteiger partial charge on any atom is -0.444 e. The summed E-state index contributed by atoms with van der Waals surface area (Å²) in [5, 5.41) is 5.88. The lowest BCUT2D eigenvalue weighted by atomic mass is 9.92. The number of alkyl carbamates (subject to hydrolysis) is 1. The van der Waals surface area contributed by atoms with E-state index in [-0.39, 0.29) is 17.7 Å². The molecule has 3 amide bonds. The highest BCUT2D eigenvalue weighted by Crippen LogP contribution is 2.31. The molecule has 2 aromatic carbocycles. The molecule has 0 aliphatic heterocycles. The first kappa shape index (κ1) is 31.9. The van der Waals surface area contributed by atoms with E-state index in [1.165, 1.54) is 0 Å². The Morgan fingerprint density at radius 1 is 0.897 bits per heavy atom. The molecule has 7 heteroatoms. The Labute approximate surface area is 234 Å². The second kappa shape index (κ2) is 14.2. The molecule has 214 valence electrons. The van der Waals surface area contributed by atoms with Crippen molar-refractivity contribution in [2.75, 3.05) is 11.9 Å². The van der Waals surface area contributed by atoms with Crippen molar-refractivity contribution in [3.63, 3.8) is 0 Å². The van der Waals surface area contributed by atoms with Gasteiger partial charge in [0.1, 0.15) is 17.7 Å². The Bertz CT molecular complexity index is 1120. The van der Waals surface area contributed by atoms with Crippen molar-refractivity contribution >= 4 is 23.6 Å². The Hall–Kier alpha value is -3.35. The number of hydrogen-bond donors (Lipinski definition) is 2. The molecule has 7 nitrogen and oxygen atoms in total. The van der Waals surface area contributed by atoms with Crippen LogP contribution >= 0.6 is 0 Å². The number of aryl methyl sites for hydroxylation is 3. The number of hydrogen-bond acceptors (Lipinski definition) is 4. The smallest absolute Gasteiger partial charge is 0.408 e. The lowest BCUT2D eigenvalue weighted by Gasteiger charge is -2.37. The quantitative estimate of drug-likeness (QED) is 0.307. The van der Waals surface area contributed by atoms with Crippen LogP contribution in [0.2, 0.25) is 0 Å². The summed E-state index contributed by atoms with van der Waals surface area (Å²) in [5.41, 5.74) is 3.58. The summed E-state index contributed by atoms with van der Waals surface area (Å²) in [4.78, 5) is 42.8. The second-order valence-corrected chi connectivity index (χ2v) is 11.6. The number of rotatable bonds is 11. The maximum atomic E-state index is 14.3. The second-order valence-electron chi connectivity index (χ2n) is 11.6. The number of anilines is 1. The zero-order valence-electron chi connectivity index (χ0n) is 25.2. The number of carbonyl (C=O) groups excluding carboxylic acids is 3. The molecule has 2 atom stereocenters. The molecule has 0 aliphatic carbocycles. The fourth-order valence-electron chi connectivity index (χ4n) is 4.63. The van der Waals surface area contributed by atoms with Gasteiger partial charge in [0.2, 0.25) is 5.91 Å². The fraction of sp³-hybridized carbons (Fsp3) is 0.531. The van der Waals surface area contributed by atoms with Crippen LogP contribution in [0.4, 0.5) is 10.5 Å². The monoisotopic (exact) mass is 537 g/mol. The molecular formula is C32H47N3O4. The Morgan fingerprint density at radius 2 is 1.49 bits per heavy atom. The van der Waals surface area contributed by atoms with Gasteiger partial charge in [-0.1, -0.05) is 70.0 Å². The highest BCUT2D eigenvalue weighted by atomic mass is 16.6. The maximum Gasteiger partial charge on any atom is 0.408 e. The van der Waals surface area contributed by atoms with Crippen molar-refractivity contribution in [1.29, 1.82) is 0 Å². The largest absolute Gasteiger partial charge is 0.444 e. The number of amides is 3. The third-order valence-corrected chi connectivity index (χ3v) is 6.67. The highest BCUT2D eigenvalue weighted by molar-refractivity contribution is 5.99. The van der Waals surface area contributed by atoms with Gasteiger partial charge >= 0.3 is 6.09 Å². The Morgan fingerprint density at radius 3 is 2.03 bits per heavy atom. The third kappa shape index (κ3) is 9.12. The van der Waals surface area contributed by atoms with Gasteiger partial charge in [0.05, 0.1) is 0 Å². The predicted octanol–water partition coefficient (Wildman–Crippen LogP) is 6.86. The maximum absolute atomic E-state index is 14.3. The molecule has 0 fully saturated rings. The molecule has 0 radical (unpaired) electrons. The van der Waals surface area contributed by atoms with Crippen molar-refractivity contribution in [1.82, 2.24) is 10.2 Å². The first-order valence-corrected chi connectivity index (χ1v) is 14.0. The Kier molecular flexibility index (Phi) is 11.6. The highest BCUT2D eigenvalue weighted by Gasteiger charge is 2.38. The minimum absolute atomic E-state index is 0.225. The zero-order chi connectivity index (χ0) is 29.3. The van der Waals surface area contributed by atoms with Gasteiger partial charge in [0.25, 0.3) is 5.91 Å². The lowest BCUT2D eigenvalue weighted by Crippen LogP contribution is -2.54.